The van der Waals surface area contributed by atoms with Crippen molar-refractivity contribution >= 4 is 38.1 Å². The van der Waals surface area contributed by atoms with Gasteiger partial charge in [-0.2, -0.15) is 0 Å². The minimum Gasteiger partial charge on any atom is -0.388 e. The van der Waals surface area contributed by atoms with Crippen LogP contribution in [0.25, 0.3) is 0 Å². The first-order chi connectivity index (χ1) is 6.57. The smallest absolute Gasteiger partial charge is 0.151 e. The van der Waals surface area contributed by atoms with E-state index in [0.29, 0.717) is 12.0 Å². The van der Waals surface area contributed by atoms with Crippen LogP contribution in [0.1, 0.15) is 33.2 Å². The lowest BCUT2D eigenvalue weighted by Gasteiger charge is -2.30. The second-order valence-electron chi connectivity index (χ2n) is 3.40. The molecule has 2 rings (SSSR count). The summed E-state index contributed by atoms with van der Waals surface area (Å²) in [4.78, 5) is 10.9. The van der Waals surface area contributed by atoms with Gasteiger partial charge in [-0.05, 0) is 39.5 Å². The number of fused-ring (bicyclic) bond motifs is 1. The van der Waals surface area contributed by atoms with Crippen molar-refractivity contribution in [3.63, 3.8) is 0 Å². The monoisotopic (exact) mass is 318 g/mol. The first-order valence-corrected chi connectivity index (χ1v) is 5.80. The summed E-state index contributed by atoms with van der Waals surface area (Å²) in [6.45, 7) is 1.91. The zero-order valence-electron chi connectivity index (χ0n) is 7.47. The fraction of sp³-hybridized carbons (Fsp3) is 0.300. The van der Waals surface area contributed by atoms with E-state index in [0.717, 1.165) is 31.9 Å². The van der Waals surface area contributed by atoms with Gasteiger partial charge in [0.2, 0.25) is 0 Å². The minimum atomic E-state index is -0.426. The molecule has 1 aliphatic carbocycles. The first-order valence-electron chi connectivity index (χ1n) is 4.21. The molecule has 0 aliphatic heterocycles. The van der Waals surface area contributed by atoms with E-state index in [1.54, 1.807) is 0 Å². The van der Waals surface area contributed by atoms with E-state index in [1.807, 2.05) is 6.92 Å². The normalized spacial score (nSPS) is 18.7. The van der Waals surface area contributed by atoms with Gasteiger partial charge >= 0.3 is 0 Å². The second kappa shape index (κ2) is 3.43. The van der Waals surface area contributed by atoms with Crippen LogP contribution in [0.5, 0.6) is 0 Å². The molecular formula is C10H8Br2O2. The molecule has 1 aromatic rings. The standard InChI is InChI=1S/C10H8Br2O2/c1-4-9(11)6(3-13)5-2-7(14)8(5)10(4)12/h3,7,14H,2H2,1H3. The number of carbonyl (C=O) groups excluding carboxylic acids is 1. The van der Waals surface area contributed by atoms with Crippen molar-refractivity contribution in [2.24, 2.45) is 0 Å². The summed E-state index contributed by atoms with van der Waals surface area (Å²) in [6, 6.07) is 0. The zero-order valence-corrected chi connectivity index (χ0v) is 10.6. The lowest BCUT2D eigenvalue weighted by Crippen LogP contribution is -2.21. The molecule has 1 aliphatic rings. The lowest BCUT2D eigenvalue weighted by molar-refractivity contribution is 0.111. The van der Waals surface area contributed by atoms with Gasteiger partial charge in [-0.15, -0.1) is 0 Å². The van der Waals surface area contributed by atoms with Crippen molar-refractivity contribution in [1.29, 1.82) is 0 Å². The molecule has 74 valence electrons. The van der Waals surface area contributed by atoms with Crippen LogP contribution in [0.4, 0.5) is 0 Å². The van der Waals surface area contributed by atoms with Crippen molar-refractivity contribution in [3.8, 4) is 0 Å². The van der Waals surface area contributed by atoms with Crippen LogP contribution in [-0.4, -0.2) is 11.4 Å². The number of rotatable bonds is 1. The van der Waals surface area contributed by atoms with Gasteiger partial charge in [0.25, 0.3) is 0 Å². The minimum absolute atomic E-state index is 0.426. The lowest BCUT2D eigenvalue weighted by atomic mass is 9.81. The molecule has 0 aromatic heterocycles. The van der Waals surface area contributed by atoms with Gasteiger partial charge in [-0.1, -0.05) is 15.9 Å². The summed E-state index contributed by atoms with van der Waals surface area (Å²) < 4.78 is 1.73. The van der Waals surface area contributed by atoms with E-state index in [4.69, 9.17) is 0 Å². The Labute approximate surface area is 98.6 Å². The highest BCUT2D eigenvalue weighted by atomic mass is 79.9. The third-order valence-corrected chi connectivity index (χ3v) is 4.67. The number of benzene rings is 1. The van der Waals surface area contributed by atoms with E-state index in [9.17, 15) is 9.90 Å². The molecule has 1 N–H and O–H groups in total. The summed E-state index contributed by atoms with van der Waals surface area (Å²) in [6.07, 6.45) is 0.986. The third kappa shape index (κ3) is 1.21. The van der Waals surface area contributed by atoms with E-state index in [2.05, 4.69) is 31.9 Å². The van der Waals surface area contributed by atoms with Crippen LogP contribution in [0.2, 0.25) is 0 Å². The number of hydrogen-bond donors (Lipinski definition) is 1. The first kappa shape index (κ1) is 10.3. The molecule has 0 amide bonds. The Balaban J connectivity index is 2.78. The molecule has 0 saturated carbocycles. The van der Waals surface area contributed by atoms with Crippen LogP contribution in [0.3, 0.4) is 0 Å². The summed E-state index contributed by atoms with van der Waals surface area (Å²) >= 11 is 6.82. The van der Waals surface area contributed by atoms with Crippen molar-refractivity contribution in [2.45, 2.75) is 19.4 Å². The Hall–Kier alpha value is -0.190. The van der Waals surface area contributed by atoms with Crippen molar-refractivity contribution < 1.29 is 9.90 Å². The van der Waals surface area contributed by atoms with E-state index in [1.165, 1.54) is 0 Å². The van der Waals surface area contributed by atoms with Gasteiger partial charge in [0.1, 0.15) is 0 Å². The maximum absolute atomic E-state index is 10.9. The average Bonchev–Trinajstić information content (AvgIpc) is 2.14. The molecule has 1 aromatic carbocycles. The Morgan fingerprint density at radius 2 is 2.07 bits per heavy atom. The van der Waals surface area contributed by atoms with Crippen LogP contribution in [0, 0.1) is 6.92 Å². The number of aliphatic hydroxyl groups is 1. The predicted octanol–water partition coefficient (Wildman–Crippen LogP) is 2.92. The molecule has 0 spiro atoms. The molecule has 1 unspecified atom stereocenters. The van der Waals surface area contributed by atoms with Gasteiger partial charge < -0.3 is 5.11 Å². The number of carbonyl (C=O) groups is 1. The fourth-order valence-electron chi connectivity index (χ4n) is 1.76. The zero-order chi connectivity index (χ0) is 10.5. The molecule has 14 heavy (non-hydrogen) atoms. The average molecular weight is 320 g/mol. The number of aldehydes is 1. The molecule has 1 atom stereocenters. The largest absolute Gasteiger partial charge is 0.388 e. The number of halogens is 2. The van der Waals surface area contributed by atoms with Crippen molar-refractivity contribution in [3.05, 3.63) is 31.2 Å². The second-order valence-corrected chi connectivity index (χ2v) is 4.98. The summed E-state index contributed by atoms with van der Waals surface area (Å²) in [5.74, 6) is 0. The highest BCUT2D eigenvalue weighted by Crippen LogP contribution is 2.45. The molecular weight excluding hydrogens is 312 g/mol. The predicted molar refractivity (Wildman–Crippen MR) is 60.6 cm³/mol. The SMILES string of the molecule is Cc1c(Br)c(C=O)c2c(c1Br)C(O)C2. The van der Waals surface area contributed by atoms with Crippen LogP contribution in [-0.2, 0) is 6.42 Å². The molecule has 0 bridgehead atoms. The highest BCUT2D eigenvalue weighted by Gasteiger charge is 2.32. The van der Waals surface area contributed by atoms with Gasteiger partial charge in [-0.3, -0.25) is 4.79 Å². The molecule has 0 radical (unpaired) electrons. The maximum atomic E-state index is 10.9. The van der Waals surface area contributed by atoms with Gasteiger partial charge in [0.05, 0.1) is 6.10 Å². The number of aliphatic hydroxyl groups excluding tert-OH is 1. The topological polar surface area (TPSA) is 37.3 Å². The highest BCUT2D eigenvalue weighted by molar-refractivity contribution is 9.11. The summed E-state index contributed by atoms with van der Waals surface area (Å²) in [7, 11) is 0. The summed E-state index contributed by atoms with van der Waals surface area (Å²) in [5, 5.41) is 9.55. The van der Waals surface area contributed by atoms with E-state index < -0.39 is 6.10 Å². The van der Waals surface area contributed by atoms with Crippen molar-refractivity contribution in [2.75, 3.05) is 0 Å². The molecule has 2 nitrogen and oxygen atoms in total. The van der Waals surface area contributed by atoms with Gasteiger partial charge in [0, 0.05) is 20.9 Å². The van der Waals surface area contributed by atoms with Crippen molar-refractivity contribution in [1.82, 2.24) is 0 Å². The Bertz CT molecular complexity index is 427. The Kier molecular flexibility index (Phi) is 2.53. The van der Waals surface area contributed by atoms with Gasteiger partial charge in [-0.25, -0.2) is 0 Å². The molecule has 0 saturated heterocycles. The van der Waals surface area contributed by atoms with E-state index >= 15 is 0 Å². The Morgan fingerprint density at radius 1 is 1.43 bits per heavy atom. The van der Waals surface area contributed by atoms with Crippen LogP contribution >= 0.6 is 31.9 Å². The number of hydrogen-bond acceptors (Lipinski definition) is 2. The van der Waals surface area contributed by atoms with E-state index in [-0.39, 0.29) is 0 Å². The Morgan fingerprint density at radius 3 is 2.57 bits per heavy atom. The third-order valence-electron chi connectivity index (χ3n) is 2.63. The van der Waals surface area contributed by atoms with Crippen LogP contribution in [0.15, 0.2) is 8.95 Å². The molecule has 0 heterocycles. The molecule has 4 heteroatoms. The fourth-order valence-corrected chi connectivity index (χ4v) is 3.26. The van der Waals surface area contributed by atoms with Crippen LogP contribution < -0.4 is 0 Å². The molecule has 0 fully saturated rings. The van der Waals surface area contributed by atoms with Gasteiger partial charge in [0.15, 0.2) is 6.29 Å². The maximum Gasteiger partial charge on any atom is 0.151 e. The quantitative estimate of drug-likeness (QED) is 0.808. The summed E-state index contributed by atoms with van der Waals surface area (Å²) in [5.41, 5.74) is 3.46.